The van der Waals surface area contributed by atoms with Crippen molar-refractivity contribution >= 4 is 35.0 Å². The van der Waals surface area contributed by atoms with Gasteiger partial charge in [-0.2, -0.15) is 0 Å². The minimum Gasteiger partial charge on any atom is -0.497 e. The van der Waals surface area contributed by atoms with Crippen molar-refractivity contribution in [2.45, 2.75) is 13.0 Å². The average Bonchev–Trinajstić information content (AvgIpc) is 3.64. The van der Waals surface area contributed by atoms with E-state index in [4.69, 9.17) is 18.9 Å². The number of hydrogen-bond donors (Lipinski definition) is 1. The van der Waals surface area contributed by atoms with E-state index in [9.17, 15) is 19.5 Å². The Kier molecular flexibility index (Phi) is 7.82. The molecule has 1 aliphatic rings. The van der Waals surface area contributed by atoms with Crippen LogP contribution in [-0.4, -0.2) is 35.3 Å². The van der Waals surface area contributed by atoms with Crippen molar-refractivity contribution in [3.63, 3.8) is 0 Å². The summed E-state index contributed by atoms with van der Waals surface area (Å²) < 4.78 is 18.8. The zero-order chi connectivity index (χ0) is 30.8. The third-order valence-corrected chi connectivity index (χ3v) is 8.06. The van der Waals surface area contributed by atoms with Gasteiger partial charge < -0.3 is 19.0 Å². The number of aromatic carboxylic acids is 1. The number of carboxylic acid groups (broad SMARTS) is 1. The molecule has 3 aromatic carbocycles. The monoisotopic (exact) mass is 606 g/mol. The Bertz CT molecular complexity index is 2100. The van der Waals surface area contributed by atoms with Gasteiger partial charge in [-0.3, -0.25) is 9.36 Å². The lowest BCUT2D eigenvalue weighted by atomic mass is 9.93. The van der Waals surface area contributed by atoms with Gasteiger partial charge in [-0.15, -0.1) is 0 Å². The van der Waals surface area contributed by atoms with E-state index < -0.39 is 18.0 Å². The predicted molar refractivity (Wildman–Crippen MR) is 165 cm³/mol. The number of thiazole rings is 1. The molecule has 1 atom stereocenters. The summed E-state index contributed by atoms with van der Waals surface area (Å²) in [6.07, 6.45) is 1.62. The number of aromatic nitrogens is 1. The van der Waals surface area contributed by atoms with Crippen LogP contribution in [0.3, 0.4) is 0 Å². The molecule has 0 fully saturated rings. The lowest BCUT2D eigenvalue weighted by Crippen LogP contribution is -2.40. The van der Waals surface area contributed by atoms with Gasteiger partial charge in [-0.05, 0) is 48.9 Å². The molecule has 0 amide bonds. The van der Waals surface area contributed by atoms with Gasteiger partial charge in [0.1, 0.15) is 17.3 Å². The molecule has 3 heterocycles. The number of furan rings is 1. The highest BCUT2D eigenvalue weighted by molar-refractivity contribution is 7.07. The minimum atomic E-state index is -1.04. The third-order valence-electron chi connectivity index (χ3n) is 7.08. The Hall–Kier alpha value is -5.48. The van der Waals surface area contributed by atoms with Crippen molar-refractivity contribution in [2.75, 3.05) is 13.7 Å². The van der Waals surface area contributed by atoms with Gasteiger partial charge in [-0.25, -0.2) is 14.6 Å². The van der Waals surface area contributed by atoms with E-state index in [-0.39, 0.29) is 23.3 Å². The van der Waals surface area contributed by atoms with Crippen molar-refractivity contribution in [1.29, 1.82) is 0 Å². The summed E-state index contributed by atoms with van der Waals surface area (Å²) in [5.74, 6) is -0.186. The highest BCUT2D eigenvalue weighted by atomic mass is 32.1. The molecule has 0 saturated heterocycles. The molecule has 6 rings (SSSR count). The van der Waals surface area contributed by atoms with E-state index >= 15 is 0 Å². The van der Waals surface area contributed by atoms with E-state index in [1.165, 1.54) is 28.0 Å². The van der Waals surface area contributed by atoms with Gasteiger partial charge in [0.25, 0.3) is 5.56 Å². The Labute approximate surface area is 255 Å². The largest absolute Gasteiger partial charge is 0.497 e. The van der Waals surface area contributed by atoms with Gasteiger partial charge in [0.2, 0.25) is 0 Å². The van der Waals surface area contributed by atoms with Crippen LogP contribution in [0.5, 0.6) is 5.75 Å². The summed E-state index contributed by atoms with van der Waals surface area (Å²) >= 11 is 1.18. The summed E-state index contributed by atoms with van der Waals surface area (Å²) in [5, 5.41) is 9.35. The number of esters is 1. The molecule has 0 spiro atoms. The Morgan fingerprint density at radius 3 is 2.52 bits per heavy atom. The zero-order valence-corrected chi connectivity index (χ0v) is 24.5. The Morgan fingerprint density at radius 1 is 1.00 bits per heavy atom. The number of rotatable bonds is 8. The van der Waals surface area contributed by atoms with Gasteiger partial charge >= 0.3 is 11.9 Å². The summed E-state index contributed by atoms with van der Waals surface area (Å²) in [5.41, 5.74) is 2.39. The fraction of sp³-hybridized carbons (Fsp3) is 0.118. The Balaban J connectivity index is 1.55. The van der Waals surface area contributed by atoms with Crippen LogP contribution in [0.25, 0.3) is 23.1 Å². The number of benzene rings is 3. The summed E-state index contributed by atoms with van der Waals surface area (Å²) in [4.78, 5) is 44.4. The molecular weight excluding hydrogens is 580 g/mol. The predicted octanol–water partition coefficient (Wildman–Crippen LogP) is 4.90. The maximum absolute atomic E-state index is 14.1. The number of carbonyl (C=O) groups is 2. The molecule has 10 heteroatoms. The van der Waals surface area contributed by atoms with E-state index in [2.05, 4.69) is 0 Å². The fourth-order valence-electron chi connectivity index (χ4n) is 5.09. The molecule has 0 bridgehead atoms. The van der Waals surface area contributed by atoms with Crippen molar-refractivity contribution in [1.82, 2.24) is 4.57 Å². The van der Waals surface area contributed by atoms with Crippen LogP contribution in [0.2, 0.25) is 0 Å². The molecular formula is C34H26N2O7S. The molecule has 0 saturated carbocycles. The molecule has 9 nitrogen and oxygen atoms in total. The smallest absolute Gasteiger partial charge is 0.338 e. The molecule has 2 aromatic heterocycles. The van der Waals surface area contributed by atoms with E-state index in [0.29, 0.717) is 49.0 Å². The van der Waals surface area contributed by atoms with Crippen molar-refractivity contribution in [3.05, 3.63) is 139 Å². The number of carbonyl (C=O) groups excluding carboxylic acids is 1. The van der Waals surface area contributed by atoms with Crippen LogP contribution < -0.4 is 19.6 Å². The maximum Gasteiger partial charge on any atom is 0.338 e. The van der Waals surface area contributed by atoms with Crippen LogP contribution in [0, 0.1) is 0 Å². The molecule has 220 valence electrons. The molecule has 5 aromatic rings. The molecule has 0 aliphatic carbocycles. The second-order valence-electron chi connectivity index (χ2n) is 9.80. The number of hydrogen-bond acceptors (Lipinski definition) is 8. The summed E-state index contributed by atoms with van der Waals surface area (Å²) in [6, 6.07) is 25.5. The van der Waals surface area contributed by atoms with Gasteiger partial charge in [0.05, 0.1) is 41.1 Å². The summed E-state index contributed by atoms with van der Waals surface area (Å²) in [6.45, 7) is 1.88. The minimum absolute atomic E-state index is 0.137. The van der Waals surface area contributed by atoms with Crippen LogP contribution in [0.4, 0.5) is 0 Å². The lowest BCUT2D eigenvalue weighted by molar-refractivity contribution is -0.138. The molecule has 0 unspecified atom stereocenters. The van der Waals surface area contributed by atoms with Crippen LogP contribution in [0.1, 0.15) is 40.2 Å². The van der Waals surface area contributed by atoms with Gasteiger partial charge in [-0.1, -0.05) is 65.9 Å². The third kappa shape index (κ3) is 5.38. The molecule has 0 radical (unpaired) electrons. The second-order valence-corrected chi connectivity index (χ2v) is 10.8. The summed E-state index contributed by atoms with van der Waals surface area (Å²) in [7, 11) is 1.55. The molecule has 44 heavy (non-hydrogen) atoms. The number of ether oxygens (including phenoxy) is 2. The average molecular weight is 607 g/mol. The maximum atomic E-state index is 14.1. The van der Waals surface area contributed by atoms with Crippen LogP contribution in [-0.2, 0) is 9.53 Å². The standard InChI is InChI=1S/C34H26N2O7S/c1-3-42-33(40)28-29(20-9-5-4-6-10-20)35-34-36(30(28)22-12-8-14-24(18-22)41-2)31(37)27(44-34)19-25-15-16-26(43-25)21-11-7-13-23(17-21)32(38)39/h4-19,30H,3H2,1-2H3,(H,38,39)/b27-19+/t30-/m1/s1. The fourth-order valence-corrected chi connectivity index (χ4v) is 6.07. The number of fused-ring (bicyclic) bond motifs is 1. The topological polar surface area (TPSA) is 120 Å². The first-order chi connectivity index (χ1) is 21.4. The quantitative estimate of drug-likeness (QED) is 0.250. The lowest BCUT2D eigenvalue weighted by Gasteiger charge is -2.26. The molecule has 1 aliphatic heterocycles. The SMILES string of the molecule is CCOC(=O)C1=C(c2ccccc2)N=c2s/c(=C/c3ccc(-c4cccc(C(=O)O)c4)o3)c(=O)n2[C@@H]1c1cccc(OC)c1. The van der Waals surface area contributed by atoms with Gasteiger partial charge in [0.15, 0.2) is 4.80 Å². The second kappa shape index (κ2) is 12.0. The van der Waals surface area contributed by atoms with E-state index in [0.717, 1.165) is 0 Å². The van der Waals surface area contributed by atoms with Crippen molar-refractivity contribution < 1.29 is 28.6 Å². The van der Waals surface area contributed by atoms with Crippen molar-refractivity contribution in [2.24, 2.45) is 4.99 Å². The first kappa shape index (κ1) is 28.6. The molecule has 1 N–H and O–H groups in total. The first-order valence-corrected chi connectivity index (χ1v) is 14.6. The van der Waals surface area contributed by atoms with Crippen molar-refractivity contribution in [3.8, 4) is 17.1 Å². The van der Waals surface area contributed by atoms with E-state index in [1.54, 1.807) is 62.6 Å². The van der Waals surface area contributed by atoms with Crippen LogP contribution >= 0.6 is 11.3 Å². The number of carboxylic acids is 1. The zero-order valence-electron chi connectivity index (χ0n) is 23.7. The number of nitrogens with zero attached hydrogens (tertiary/aromatic N) is 2. The highest BCUT2D eigenvalue weighted by Crippen LogP contribution is 2.36. The first-order valence-electron chi connectivity index (χ1n) is 13.7. The van der Waals surface area contributed by atoms with Crippen LogP contribution in [0.15, 0.2) is 111 Å². The number of methoxy groups -OCH3 is 1. The normalized spacial score (nSPS) is 14.6. The van der Waals surface area contributed by atoms with E-state index in [1.807, 2.05) is 36.4 Å². The Morgan fingerprint density at radius 2 is 1.77 bits per heavy atom. The van der Waals surface area contributed by atoms with Gasteiger partial charge in [0, 0.05) is 17.2 Å². The highest BCUT2D eigenvalue weighted by Gasteiger charge is 2.35.